The summed E-state index contributed by atoms with van der Waals surface area (Å²) in [5, 5.41) is 34.4. The average Bonchev–Trinajstić information content (AvgIpc) is 2.58. The Morgan fingerprint density at radius 3 is 2.35 bits per heavy atom. The SMILES string of the molecule is COC(=O)[C@H](CSS[C@@H]1O[C@H](CO)[C@@H](O)[C@H](O)[C@H]1NC(C)=O)NC(C)=O. The predicted molar refractivity (Wildman–Crippen MR) is 95.0 cm³/mol. The third-order valence-electron chi connectivity index (χ3n) is 3.51. The molecule has 0 aliphatic carbocycles. The summed E-state index contributed by atoms with van der Waals surface area (Å²) in [7, 11) is 3.45. The van der Waals surface area contributed by atoms with Crippen molar-refractivity contribution in [1.82, 2.24) is 10.6 Å². The summed E-state index contributed by atoms with van der Waals surface area (Å²) in [6, 6.07) is -1.79. The minimum atomic E-state index is -1.36. The molecule has 1 rings (SSSR count). The summed E-state index contributed by atoms with van der Waals surface area (Å²) in [5.41, 5.74) is -0.796. The highest BCUT2D eigenvalue weighted by Gasteiger charge is 2.45. The van der Waals surface area contributed by atoms with Gasteiger partial charge in [-0.25, -0.2) is 4.79 Å². The molecule has 6 atom stereocenters. The molecule has 0 aromatic carbocycles. The van der Waals surface area contributed by atoms with E-state index in [2.05, 4.69) is 15.4 Å². The van der Waals surface area contributed by atoms with Gasteiger partial charge in [-0.1, -0.05) is 21.6 Å². The number of esters is 1. The van der Waals surface area contributed by atoms with E-state index in [0.717, 1.165) is 21.6 Å². The van der Waals surface area contributed by atoms with Crippen LogP contribution in [0.2, 0.25) is 0 Å². The molecule has 26 heavy (non-hydrogen) atoms. The Morgan fingerprint density at radius 2 is 1.85 bits per heavy atom. The molecule has 2 amide bonds. The number of nitrogens with one attached hydrogen (secondary N) is 2. The molecule has 1 heterocycles. The van der Waals surface area contributed by atoms with Crippen LogP contribution < -0.4 is 10.6 Å². The van der Waals surface area contributed by atoms with Crippen LogP contribution in [0.1, 0.15) is 13.8 Å². The van der Waals surface area contributed by atoms with E-state index < -0.39 is 60.2 Å². The van der Waals surface area contributed by atoms with Gasteiger partial charge < -0.3 is 35.4 Å². The molecule has 1 fully saturated rings. The Labute approximate surface area is 158 Å². The maximum atomic E-state index is 11.7. The van der Waals surface area contributed by atoms with Crippen molar-refractivity contribution < 1.29 is 39.2 Å². The van der Waals surface area contributed by atoms with Crippen molar-refractivity contribution in [2.24, 2.45) is 0 Å². The quantitative estimate of drug-likeness (QED) is 0.223. The Hall–Kier alpha value is -1.05. The van der Waals surface area contributed by atoms with E-state index in [4.69, 9.17) is 4.74 Å². The average molecular weight is 412 g/mol. The van der Waals surface area contributed by atoms with E-state index >= 15 is 0 Å². The molecule has 0 radical (unpaired) electrons. The number of aliphatic hydroxyl groups is 3. The minimum Gasteiger partial charge on any atom is -0.467 e. The van der Waals surface area contributed by atoms with Gasteiger partial charge in [-0.2, -0.15) is 0 Å². The lowest BCUT2D eigenvalue weighted by Gasteiger charge is -2.42. The number of methoxy groups -OCH3 is 1. The third kappa shape index (κ3) is 6.59. The van der Waals surface area contributed by atoms with Crippen LogP contribution in [-0.4, -0.2) is 88.4 Å². The highest BCUT2D eigenvalue weighted by Crippen LogP contribution is 2.36. The monoisotopic (exact) mass is 412 g/mol. The van der Waals surface area contributed by atoms with Crippen LogP contribution in [0.4, 0.5) is 0 Å². The zero-order chi connectivity index (χ0) is 19.9. The van der Waals surface area contributed by atoms with E-state index in [0.29, 0.717) is 0 Å². The van der Waals surface area contributed by atoms with Gasteiger partial charge in [0.15, 0.2) is 0 Å². The van der Waals surface area contributed by atoms with Crippen LogP contribution in [0.5, 0.6) is 0 Å². The summed E-state index contributed by atoms with van der Waals surface area (Å²) in [6.45, 7) is 2.02. The van der Waals surface area contributed by atoms with Crippen molar-refractivity contribution in [3.05, 3.63) is 0 Å². The second kappa shape index (κ2) is 10.9. The molecule has 1 aliphatic heterocycles. The van der Waals surface area contributed by atoms with Crippen molar-refractivity contribution in [2.45, 2.75) is 49.7 Å². The smallest absolute Gasteiger partial charge is 0.329 e. The van der Waals surface area contributed by atoms with Crippen molar-refractivity contribution in [3.8, 4) is 0 Å². The lowest BCUT2D eigenvalue weighted by atomic mass is 9.98. The van der Waals surface area contributed by atoms with Gasteiger partial charge in [-0.05, 0) is 0 Å². The molecule has 0 saturated carbocycles. The largest absolute Gasteiger partial charge is 0.467 e. The third-order valence-corrected chi connectivity index (χ3v) is 6.10. The summed E-state index contributed by atoms with van der Waals surface area (Å²) in [5.74, 6) is -1.28. The maximum absolute atomic E-state index is 11.7. The molecular weight excluding hydrogens is 388 g/mol. The van der Waals surface area contributed by atoms with Crippen LogP contribution >= 0.6 is 21.6 Å². The van der Waals surface area contributed by atoms with Crippen LogP contribution in [0.3, 0.4) is 0 Å². The molecule has 1 aliphatic rings. The topological polar surface area (TPSA) is 154 Å². The first-order chi connectivity index (χ1) is 12.2. The molecule has 10 nitrogen and oxygen atoms in total. The molecule has 0 bridgehead atoms. The standard InChI is InChI=1S/C14H24N2O8S2/c1-6(18)15-8(13(22)23-3)5-25-26-14-10(16-7(2)19)12(21)11(20)9(4-17)24-14/h8-12,14,17,20-21H,4-5H2,1-3H3,(H,15,18)(H,16,19)/t8-,9+,10+,11+,12+,14-/m0/s1. The van der Waals surface area contributed by atoms with Gasteiger partial charge in [-0.3, -0.25) is 9.59 Å². The first-order valence-corrected chi connectivity index (χ1v) is 10.1. The van der Waals surface area contributed by atoms with E-state index in [1.807, 2.05) is 0 Å². The summed E-state index contributed by atoms with van der Waals surface area (Å²) in [6.07, 6.45) is -3.71. The number of hydrogen-bond donors (Lipinski definition) is 5. The molecule has 150 valence electrons. The fourth-order valence-electron chi connectivity index (χ4n) is 2.28. The lowest BCUT2D eigenvalue weighted by Crippen LogP contribution is -2.63. The van der Waals surface area contributed by atoms with Crippen molar-refractivity contribution >= 4 is 39.4 Å². The van der Waals surface area contributed by atoms with E-state index in [-0.39, 0.29) is 5.75 Å². The van der Waals surface area contributed by atoms with Crippen molar-refractivity contribution in [2.75, 3.05) is 19.5 Å². The fraction of sp³-hybridized carbons (Fsp3) is 0.786. The van der Waals surface area contributed by atoms with E-state index in [1.165, 1.54) is 21.0 Å². The maximum Gasteiger partial charge on any atom is 0.329 e. The van der Waals surface area contributed by atoms with E-state index in [9.17, 15) is 29.7 Å². The first-order valence-electron chi connectivity index (χ1n) is 7.74. The zero-order valence-electron chi connectivity index (χ0n) is 14.6. The summed E-state index contributed by atoms with van der Waals surface area (Å²) >= 11 is 0. The van der Waals surface area contributed by atoms with Gasteiger partial charge in [0.1, 0.15) is 29.8 Å². The molecule has 12 heteroatoms. The summed E-state index contributed by atoms with van der Waals surface area (Å²) in [4.78, 5) is 34.2. The number of hydrogen-bond acceptors (Lipinski definition) is 10. The van der Waals surface area contributed by atoms with Gasteiger partial charge in [0.25, 0.3) is 0 Å². The lowest BCUT2D eigenvalue weighted by molar-refractivity contribution is -0.173. The van der Waals surface area contributed by atoms with Gasteiger partial charge in [0, 0.05) is 19.6 Å². The molecule has 0 aromatic rings. The second-order valence-corrected chi connectivity index (χ2v) is 8.10. The van der Waals surface area contributed by atoms with Crippen molar-refractivity contribution in [3.63, 3.8) is 0 Å². The number of carbonyl (C=O) groups excluding carboxylic acids is 3. The number of rotatable bonds is 8. The van der Waals surface area contributed by atoms with Gasteiger partial charge in [0.05, 0.1) is 19.8 Å². The van der Waals surface area contributed by atoms with Crippen LogP contribution in [-0.2, 0) is 23.9 Å². The highest BCUT2D eigenvalue weighted by atomic mass is 33.1. The van der Waals surface area contributed by atoms with Crippen LogP contribution in [0, 0.1) is 0 Å². The molecular formula is C14H24N2O8S2. The van der Waals surface area contributed by atoms with E-state index in [1.54, 1.807) is 0 Å². The molecule has 1 saturated heterocycles. The predicted octanol–water partition coefficient (Wildman–Crippen LogP) is -2.01. The summed E-state index contributed by atoms with van der Waals surface area (Å²) < 4.78 is 10.2. The Bertz CT molecular complexity index is 509. The number of amides is 2. The normalized spacial score (nSPS) is 29.5. The fourth-order valence-corrected chi connectivity index (χ4v) is 4.93. The van der Waals surface area contributed by atoms with Gasteiger partial charge in [-0.15, -0.1) is 0 Å². The Morgan fingerprint density at radius 1 is 1.19 bits per heavy atom. The Balaban J connectivity index is 2.74. The molecule has 0 spiro atoms. The highest BCUT2D eigenvalue weighted by molar-refractivity contribution is 8.76. The Kier molecular flexibility index (Phi) is 9.68. The first kappa shape index (κ1) is 23.0. The number of aliphatic hydroxyl groups excluding tert-OH is 3. The molecule has 5 N–H and O–H groups in total. The van der Waals surface area contributed by atoms with Gasteiger partial charge >= 0.3 is 5.97 Å². The van der Waals surface area contributed by atoms with Crippen molar-refractivity contribution in [1.29, 1.82) is 0 Å². The zero-order valence-corrected chi connectivity index (χ0v) is 16.2. The van der Waals surface area contributed by atoms with Gasteiger partial charge in [0.2, 0.25) is 11.8 Å². The van der Waals surface area contributed by atoms with Crippen LogP contribution in [0.25, 0.3) is 0 Å². The number of ether oxygens (including phenoxy) is 2. The van der Waals surface area contributed by atoms with Crippen LogP contribution in [0.15, 0.2) is 0 Å². The minimum absolute atomic E-state index is 0.145. The molecule has 0 unspecified atom stereocenters. The molecule has 0 aromatic heterocycles. The second-order valence-electron chi connectivity index (χ2n) is 5.59. The number of carbonyl (C=O) groups is 3.